The van der Waals surface area contributed by atoms with Crippen LogP contribution in [0.25, 0.3) is 0 Å². The van der Waals surface area contributed by atoms with E-state index < -0.39 is 10.4 Å². The van der Waals surface area contributed by atoms with Crippen molar-refractivity contribution in [2.45, 2.75) is 64.7 Å². The summed E-state index contributed by atoms with van der Waals surface area (Å²) in [6.45, 7) is 8.63. The van der Waals surface area contributed by atoms with Gasteiger partial charge in [-0.25, -0.2) is 4.18 Å². The Labute approximate surface area is 224 Å². The van der Waals surface area contributed by atoms with E-state index in [0.717, 1.165) is 13.0 Å². The Balaban J connectivity index is 3.04. The van der Waals surface area contributed by atoms with Crippen molar-refractivity contribution in [2.24, 2.45) is 0 Å². The molecule has 0 aliphatic carbocycles. The van der Waals surface area contributed by atoms with Crippen molar-refractivity contribution >= 4 is 10.4 Å². The fourth-order valence-corrected chi connectivity index (χ4v) is 3.41. The van der Waals surface area contributed by atoms with E-state index in [9.17, 15) is 8.42 Å². The highest BCUT2D eigenvalue weighted by Crippen LogP contribution is 2.09. The molecule has 0 aromatic rings. The Hall–Kier alpha value is -0.410. The largest absolute Gasteiger partial charge is 0.397 e. The van der Waals surface area contributed by atoms with Crippen molar-refractivity contribution in [3.63, 3.8) is 0 Å². The maximum absolute atomic E-state index is 10.3. The molecule has 0 atom stereocenters. The zero-order chi connectivity index (χ0) is 27.1. The lowest BCUT2D eigenvalue weighted by Gasteiger charge is -2.08. The molecule has 0 heterocycles. The van der Waals surface area contributed by atoms with Crippen LogP contribution in [-0.4, -0.2) is 112 Å². The second-order valence-corrected chi connectivity index (χ2v) is 9.46. The number of hydrogen-bond acceptors (Lipinski definition) is 10. The van der Waals surface area contributed by atoms with Gasteiger partial charge in [0.25, 0.3) is 0 Å². The van der Waals surface area contributed by atoms with Crippen molar-refractivity contribution < 1.29 is 50.3 Å². The predicted octanol–water partition coefficient (Wildman–Crippen LogP) is 3.45. The molecule has 0 aliphatic heterocycles. The summed E-state index contributed by atoms with van der Waals surface area (Å²) in [6.07, 6.45) is 11.9. The summed E-state index contributed by atoms with van der Waals surface area (Å²) in [5.41, 5.74) is 0. The van der Waals surface area contributed by atoms with Crippen molar-refractivity contribution in [3.05, 3.63) is 0 Å². The summed E-state index contributed by atoms with van der Waals surface area (Å²) in [5.74, 6) is 0. The zero-order valence-corrected chi connectivity index (χ0v) is 23.7. The van der Waals surface area contributed by atoms with E-state index in [1.165, 1.54) is 51.4 Å². The molecule has 0 aromatic carbocycles. The van der Waals surface area contributed by atoms with Crippen LogP contribution in [0.1, 0.15) is 64.7 Å². The quantitative estimate of drug-likeness (QED) is 0.0959. The third-order valence-corrected chi connectivity index (χ3v) is 5.55. The van der Waals surface area contributed by atoms with Gasteiger partial charge in [-0.2, -0.15) is 8.42 Å². The maximum atomic E-state index is 10.3. The van der Waals surface area contributed by atoms with Gasteiger partial charge in [-0.05, 0) is 6.42 Å². The normalized spacial score (nSPS) is 11.9. The van der Waals surface area contributed by atoms with Gasteiger partial charge in [-0.3, -0.25) is 4.55 Å². The lowest BCUT2D eigenvalue weighted by atomic mass is 10.1. The number of hydrogen-bond donors (Lipinski definition) is 1. The molecule has 12 heteroatoms. The molecule has 37 heavy (non-hydrogen) atoms. The van der Waals surface area contributed by atoms with Crippen LogP contribution in [-0.2, 0) is 47.7 Å². The fourth-order valence-electron chi connectivity index (χ4n) is 3.13. The molecule has 0 rings (SSSR count). The van der Waals surface area contributed by atoms with Gasteiger partial charge in [0, 0.05) is 6.61 Å². The molecule has 224 valence electrons. The molecule has 1 N–H and O–H groups in total. The van der Waals surface area contributed by atoms with Crippen LogP contribution in [0.5, 0.6) is 0 Å². The van der Waals surface area contributed by atoms with E-state index in [-0.39, 0.29) is 19.8 Å². The van der Waals surface area contributed by atoms with Crippen molar-refractivity contribution in [1.82, 2.24) is 0 Å². The predicted molar refractivity (Wildman–Crippen MR) is 140 cm³/mol. The second-order valence-electron chi connectivity index (χ2n) is 8.36. The summed E-state index contributed by atoms with van der Waals surface area (Å²) in [7, 11) is -4.41. The van der Waals surface area contributed by atoms with Crippen molar-refractivity contribution in [2.75, 3.05) is 99.1 Å². The topological polar surface area (TPSA) is 128 Å². The first-order valence-electron chi connectivity index (χ1n) is 13.7. The third kappa shape index (κ3) is 35.6. The molecule has 0 aromatic heterocycles. The van der Waals surface area contributed by atoms with E-state index in [1.807, 2.05) is 0 Å². The van der Waals surface area contributed by atoms with Gasteiger partial charge in [0.05, 0.1) is 92.5 Å². The Morgan fingerprint density at radius 3 is 1.00 bits per heavy atom. The smallest absolute Gasteiger partial charge is 0.379 e. The highest BCUT2D eigenvalue weighted by Gasteiger charge is 2.02. The molecule has 0 bridgehead atoms. The van der Waals surface area contributed by atoms with Crippen LogP contribution in [0.2, 0.25) is 0 Å². The van der Waals surface area contributed by atoms with Gasteiger partial charge in [-0.1, -0.05) is 58.3 Å². The van der Waals surface area contributed by atoms with Crippen LogP contribution < -0.4 is 0 Å². The summed E-state index contributed by atoms with van der Waals surface area (Å²) < 4.78 is 70.8. The van der Waals surface area contributed by atoms with Gasteiger partial charge in [0.2, 0.25) is 0 Å². The van der Waals surface area contributed by atoms with E-state index in [4.69, 9.17) is 37.7 Å². The van der Waals surface area contributed by atoms with Gasteiger partial charge in [0.15, 0.2) is 0 Å². The molecule has 0 radical (unpaired) electrons. The average molecular weight is 561 g/mol. The lowest BCUT2D eigenvalue weighted by Crippen LogP contribution is -2.15. The molecule has 0 saturated carbocycles. The summed E-state index contributed by atoms with van der Waals surface area (Å²) in [6, 6.07) is 0. The first kappa shape index (κ1) is 36.6. The Bertz CT molecular complexity index is 535. The minimum absolute atomic E-state index is 0.0438. The number of ether oxygens (including phenoxy) is 7. The van der Waals surface area contributed by atoms with E-state index in [2.05, 4.69) is 11.1 Å². The van der Waals surface area contributed by atoms with Crippen LogP contribution >= 0.6 is 0 Å². The summed E-state index contributed by atoms with van der Waals surface area (Å²) in [4.78, 5) is 0. The Morgan fingerprint density at radius 1 is 0.405 bits per heavy atom. The van der Waals surface area contributed by atoms with Crippen LogP contribution in [0.15, 0.2) is 0 Å². The summed E-state index contributed by atoms with van der Waals surface area (Å²) >= 11 is 0. The molecular formula is C25H52O11S. The van der Waals surface area contributed by atoms with E-state index >= 15 is 0 Å². The average Bonchev–Trinajstić information content (AvgIpc) is 2.86. The first-order chi connectivity index (χ1) is 18.1. The molecule has 0 spiro atoms. The first-order valence-corrected chi connectivity index (χ1v) is 15.1. The number of unbranched alkanes of at least 4 members (excludes halogenated alkanes) is 8. The Kier molecular flexibility index (Phi) is 29.8. The van der Waals surface area contributed by atoms with Crippen molar-refractivity contribution in [3.8, 4) is 0 Å². The van der Waals surface area contributed by atoms with Crippen molar-refractivity contribution in [1.29, 1.82) is 0 Å². The molecular weight excluding hydrogens is 508 g/mol. The molecule has 0 saturated heterocycles. The Morgan fingerprint density at radius 2 is 0.676 bits per heavy atom. The van der Waals surface area contributed by atoms with E-state index in [0.29, 0.717) is 72.7 Å². The molecule has 0 amide bonds. The zero-order valence-electron chi connectivity index (χ0n) is 22.9. The van der Waals surface area contributed by atoms with Crippen LogP contribution in [0.3, 0.4) is 0 Å². The van der Waals surface area contributed by atoms with Gasteiger partial charge in [-0.15, -0.1) is 0 Å². The highest BCUT2D eigenvalue weighted by atomic mass is 32.3. The molecule has 11 nitrogen and oxygen atoms in total. The van der Waals surface area contributed by atoms with Gasteiger partial charge in [0.1, 0.15) is 0 Å². The number of rotatable bonds is 32. The second kappa shape index (κ2) is 30.1. The SMILES string of the molecule is CCCCCCCCCCCOCCOCCOCCOCCOCCOCCOCCOS(=O)(=O)O. The standard InChI is InChI=1S/C25H52O11S/c1-2-3-4-5-6-7-8-9-10-11-29-12-13-30-14-15-31-16-17-32-18-19-33-20-21-34-22-23-35-24-25-36-37(26,27)28/h2-25H2,1H3,(H,26,27,28). The minimum Gasteiger partial charge on any atom is -0.379 e. The minimum atomic E-state index is -4.41. The fraction of sp³-hybridized carbons (Fsp3) is 1.00. The van der Waals surface area contributed by atoms with Crippen LogP contribution in [0, 0.1) is 0 Å². The third-order valence-electron chi connectivity index (χ3n) is 5.08. The molecule has 0 aliphatic rings. The van der Waals surface area contributed by atoms with E-state index in [1.54, 1.807) is 0 Å². The maximum Gasteiger partial charge on any atom is 0.397 e. The lowest BCUT2D eigenvalue weighted by molar-refractivity contribution is -0.0213. The van der Waals surface area contributed by atoms with Gasteiger partial charge >= 0.3 is 10.4 Å². The van der Waals surface area contributed by atoms with Crippen LogP contribution in [0.4, 0.5) is 0 Å². The monoisotopic (exact) mass is 560 g/mol. The molecule has 0 fully saturated rings. The molecule has 0 unspecified atom stereocenters. The highest BCUT2D eigenvalue weighted by molar-refractivity contribution is 7.80. The van der Waals surface area contributed by atoms with Gasteiger partial charge < -0.3 is 33.2 Å². The summed E-state index contributed by atoms with van der Waals surface area (Å²) in [5, 5.41) is 0.